The molecule has 5 heteroatoms. The fourth-order valence-electron chi connectivity index (χ4n) is 2.44. The van der Waals surface area contributed by atoms with Crippen LogP contribution in [-0.4, -0.2) is 47.5 Å². The molecule has 1 atom stereocenters. The van der Waals surface area contributed by atoms with E-state index in [-0.39, 0.29) is 0 Å². The normalized spacial score (nSPS) is 23.4. The van der Waals surface area contributed by atoms with Gasteiger partial charge in [0.15, 0.2) is 5.13 Å². The van der Waals surface area contributed by atoms with E-state index in [0.29, 0.717) is 17.1 Å². The number of rotatable bonds is 3. The van der Waals surface area contributed by atoms with Crippen LogP contribution in [0.2, 0.25) is 0 Å². The number of nitrogens with two attached hydrogens (primary N) is 1. The van der Waals surface area contributed by atoms with Crippen molar-refractivity contribution in [3.05, 3.63) is 11.1 Å². The van der Waals surface area contributed by atoms with E-state index in [9.17, 15) is 0 Å². The number of nitrogen functional groups attached to an aromatic ring is 1. The molecule has 1 fully saturated rings. The summed E-state index contributed by atoms with van der Waals surface area (Å²) in [6, 6.07) is 0.661. The van der Waals surface area contributed by atoms with E-state index >= 15 is 0 Å². The SMILES string of the molecule is CC(C)C1CN(Cc2cnc(N)s2)CCN1C. The maximum Gasteiger partial charge on any atom is 0.180 e. The molecule has 2 heterocycles. The van der Waals surface area contributed by atoms with E-state index in [1.54, 1.807) is 11.3 Å². The monoisotopic (exact) mass is 254 g/mol. The van der Waals surface area contributed by atoms with Crippen LogP contribution < -0.4 is 5.73 Å². The number of nitrogens with zero attached hydrogens (tertiary/aromatic N) is 3. The van der Waals surface area contributed by atoms with Gasteiger partial charge in [0.2, 0.25) is 0 Å². The van der Waals surface area contributed by atoms with Crippen molar-refractivity contribution >= 4 is 16.5 Å². The largest absolute Gasteiger partial charge is 0.375 e. The fourth-order valence-corrected chi connectivity index (χ4v) is 3.17. The van der Waals surface area contributed by atoms with Crippen molar-refractivity contribution < 1.29 is 0 Å². The second-order valence-electron chi connectivity index (χ2n) is 5.19. The van der Waals surface area contributed by atoms with Crippen molar-refractivity contribution in [2.75, 3.05) is 32.4 Å². The van der Waals surface area contributed by atoms with Crippen LogP contribution in [0.3, 0.4) is 0 Å². The Kier molecular flexibility index (Phi) is 4.01. The Hall–Kier alpha value is -0.650. The average Bonchev–Trinajstić information content (AvgIpc) is 2.66. The molecule has 2 N–H and O–H groups in total. The molecule has 0 radical (unpaired) electrons. The van der Waals surface area contributed by atoms with Crippen LogP contribution in [-0.2, 0) is 6.54 Å². The summed E-state index contributed by atoms with van der Waals surface area (Å²) in [6.45, 7) is 9.03. The van der Waals surface area contributed by atoms with E-state index in [1.807, 2.05) is 6.20 Å². The number of aromatic nitrogens is 1. The quantitative estimate of drug-likeness (QED) is 0.888. The van der Waals surface area contributed by atoms with Gasteiger partial charge < -0.3 is 10.6 Å². The van der Waals surface area contributed by atoms with Crippen molar-refractivity contribution in [3.8, 4) is 0 Å². The Morgan fingerprint density at radius 3 is 2.88 bits per heavy atom. The van der Waals surface area contributed by atoms with E-state index in [1.165, 1.54) is 4.88 Å². The lowest BCUT2D eigenvalue weighted by molar-refractivity contribution is 0.0662. The van der Waals surface area contributed by atoms with Crippen LogP contribution in [0.4, 0.5) is 5.13 Å². The number of anilines is 1. The Bertz CT molecular complexity index is 363. The van der Waals surface area contributed by atoms with Crippen molar-refractivity contribution in [2.45, 2.75) is 26.4 Å². The van der Waals surface area contributed by atoms with Gasteiger partial charge in [-0.1, -0.05) is 13.8 Å². The lowest BCUT2D eigenvalue weighted by Gasteiger charge is -2.41. The molecule has 1 aromatic rings. The highest BCUT2D eigenvalue weighted by Crippen LogP contribution is 2.20. The number of likely N-dealkylation sites (N-methyl/N-ethyl adjacent to an activating group) is 1. The summed E-state index contributed by atoms with van der Waals surface area (Å²) in [5.41, 5.74) is 5.66. The third kappa shape index (κ3) is 3.18. The van der Waals surface area contributed by atoms with Gasteiger partial charge >= 0.3 is 0 Å². The predicted octanol–water partition coefficient (Wildman–Crippen LogP) is 1.50. The van der Waals surface area contributed by atoms with E-state index in [0.717, 1.165) is 26.2 Å². The summed E-state index contributed by atoms with van der Waals surface area (Å²) >= 11 is 1.60. The Morgan fingerprint density at radius 1 is 1.53 bits per heavy atom. The molecule has 0 aromatic carbocycles. The molecule has 17 heavy (non-hydrogen) atoms. The van der Waals surface area contributed by atoms with Gasteiger partial charge in [-0.2, -0.15) is 0 Å². The first-order chi connectivity index (χ1) is 8.06. The van der Waals surface area contributed by atoms with Gasteiger partial charge in [0.1, 0.15) is 0 Å². The van der Waals surface area contributed by atoms with Gasteiger partial charge in [-0.25, -0.2) is 4.98 Å². The molecule has 96 valence electrons. The molecule has 2 rings (SSSR count). The standard InChI is InChI=1S/C12H22N4S/c1-9(2)11-8-16(5-4-15(11)3)7-10-6-14-12(13)17-10/h6,9,11H,4-5,7-8H2,1-3H3,(H2,13,14). The molecule has 0 amide bonds. The predicted molar refractivity (Wildman–Crippen MR) is 73.1 cm³/mol. The first kappa shape index (κ1) is 12.8. The first-order valence-electron chi connectivity index (χ1n) is 6.19. The number of hydrogen-bond donors (Lipinski definition) is 1. The molecule has 1 unspecified atom stereocenters. The first-order valence-corrected chi connectivity index (χ1v) is 7.00. The molecule has 1 aromatic heterocycles. The summed E-state index contributed by atoms with van der Waals surface area (Å²) in [5, 5.41) is 0.675. The van der Waals surface area contributed by atoms with Gasteiger partial charge in [-0.3, -0.25) is 4.90 Å². The van der Waals surface area contributed by atoms with Crippen molar-refractivity contribution in [1.29, 1.82) is 0 Å². The second kappa shape index (κ2) is 5.33. The molecule has 0 saturated carbocycles. The summed E-state index contributed by atoms with van der Waals surface area (Å²) < 4.78 is 0. The molecular formula is C12H22N4S. The van der Waals surface area contributed by atoms with E-state index in [4.69, 9.17) is 5.73 Å². The number of piperazine rings is 1. The maximum absolute atomic E-state index is 5.66. The smallest absolute Gasteiger partial charge is 0.180 e. The second-order valence-corrected chi connectivity index (χ2v) is 6.34. The summed E-state index contributed by atoms with van der Waals surface area (Å²) in [5.74, 6) is 0.703. The molecule has 0 spiro atoms. The minimum atomic E-state index is 0.661. The highest BCUT2D eigenvalue weighted by Gasteiger charge is 2.26. The van der Waals surface area contributed by atoms with Gasteiger partial charge in [0.05, 0.1) is 0 Å². The van der Waals surface area contributed by atoms with Gasteiger partial charge in [-0.05, 0) is 13.0 Å². The third-order valence-corrected chi connectivity index (χ3v) is 4.31. The molecule has 0 bridgehead atoms. The van der Waals surface area contributed by atoms with Crippen molar-refractivity contribution in [3.63, 3.8) is 0 Å². The lowest BCUT2D eigenvalue weighted by atomic mass is 10.0. The average molecular weight is 254 g/mol. The zero-order valence-corrected chi connectivity index (χ0v) is 11.7. The topological polar surface area (TPSA) is 45.4 Å². The zero-order chi connectivity index (χ0) is 12.4. The van der Waals surface area contributed by atoms with E-state index in [2.05, 4.69) is 35.7 Å². The molecule has 1 aliphatic heterocycles. The number of thiazole rings is 1. The van der Waals surface area contributed by atoms with Crippen molar-refractivity contribution in [2.24, 2.45) is 5.92 Å². The minimum absolute atomic E-state index is 0.661. The van der Waals surface area contributed by atoms with Gasteiger partial charge in [0.25, 0.3) is 0 Å². The van der Waals surface area contributed by atoms with Crippen LogP contribution in [0.1, 0.15) is 18.7 Å². The van der Waals surface area contributed by atoms with Gasteiger partial charge in [-0.15, -0.1) is 11.3 Å². The molecule has 0 aliphatic carbocycles. The van der Waals surface area contributed by atoms with Gasteiger partial charge in [0, 0.05) is 43.3 Å². The third-order valence-electron chi connectivity index (χ3n) is 3.50. The van der Waals surface area contributed by atoms with Crippen LogP contribution in [0.15, 0.2) is 6.20 Å². The summed E-state index contributed by atoms with van der Waals surface area (Å²) in [7, 11) is 2.23. The summed E-state index contributed by atoms with van der Waals surface area (Å²) in [6.07, 6.45) is 1.91. The van der Waals surface area contributed by atoms with Crippen LogP contribution in [0.25, 0.3) is 0 Å². The molecule has 4 nitrogen and oxygen atoms in total. The zero-order valence-electron chi connectivity index (χ0n) is 10.9. The maximum atomic E-state index is 5.66. The van der Waals surface area contributed by atoms with Crippen LogP contribution in [0, 0.1) is 5.92 Å². The highest BCUT2D eigenvalue weighted by molar-refractivity contribution is 7.15. The Balaban J connectivity index is 1.94. The molecule has 1 aliphatic rings. The lowest BCUT2D eigenvalue weighted by Crippen LogP contribution is -2.53. The van der Waals surface area contributed by atoms with Crippen LogP contribution in [0.5, 0.6) is 0 Å². The van der Waals surface area contributed by atoms with Crippen LogP contribution >= 0.6 is 11.3 Å². The minimum Gasteiger partial charge on any atom is -0.375 e. The Labute approximate surface area is 107 Å². The molecular weight excluding hydrogens is 232 g/mol. The Morgan fingerprint density at radius 2 is 2.29 bits per heavy atom. The molecule has 1 saturated heterocycles. The fraction of sp³-hybridized carbons (Fsp3) is 0.750. The number of hydrogen-bond acceptors (Lipinski definition) is 5. The van der Waals surface area contributed by atoms with E-state index < -0.39 is 0 Å². The highest BCUT2D eigenvalue weighted by atomic mass is 32.1. The van der Waals surface area contributed by atoms with Crippen molar-refractivity contribution in [1.82, 2.24) is 14.8 Å². The summed E-state index contributed by atoms with van der Waals surface area (Å²) in [4.78, 5) is 10.4.